The molecule has 32 heavy (non-hydrogen) atoms. The van der Waals surface area contributed by atoms with Gasteiger partial charge in [0.1, 0.15) is 11.6 Å². The lowest BCUT2D eigenvalue weighted by Crippen LogP contribution is -2.30. The van der Waals surface area contributed by atoms with Crippen molar-refractivity contribution in [1.29, 1.82) is 0 Å². The van der Waals surface area contributed by atoms with E-state index in [9.17, 15) is 18.7 Å². The molecule has 0 aliphatic rings. The van der Waals surface area contributed by atoms with Gasteiger partial charge in [0.15, 0.2) is 0 Å². The number of rotatable bonds is 7. The smallest absolute Gasteiger partial charge is 0.252 e. The zero-order chi connectivity index (χ0) is 22.5. The second-order valence-electron chi connectivity index (χ2n) is 7.18. The van der Waals surface area contributed by atoms with Gasteiger partial charge in [0, 0.05) is 35.5 Å². The lowest BCUT2D eigenvalue weighted by atomic mass is 10.0. The number of H-pyrrole nitrogens is 1. The van der Waals surface area contributed by atoms with Gasteiger partial charge in [0.25, 0.3) is 5.91 Å². The summed E-state index contributed by atoms with van der Waals surface area (Å²) in [5.41, 5.74) is 2.30. The average Bonchev–Trinajstić information content (AvgIpc) is 3.30. The molecule has 0 saturated heterocycles. The monoisotopic (exact) mass is 434 g/mol. The first-order chi connectivity index (χ1) is 15.6. The second kappa shape index (κ2) is 9.49. The Bertz CT molecular complexity index is 1210. The Morgan fingerprint density at radius 1 is 1.06 bits per heavy atom. The fourth-order valence-corrected chi connectivity index (χ4v) is 3.40. The molecule has 1 amide bonds. The maximum atomic E-state index is 14.8. The highest BCUT2D eigenvalue weighted by Crippen LogP contribution is 2.29. The number of aromatic amines is 1. The topological polar surface area (TPSA) is 90.9 Å². The van der Waals surface area contributed by atoms with Crippen molar-refractivity contribution in [2.75, 3.05) is 13.2 Å². The number of hydrogen-bond donors (Lipinski definition) is 3. The molecule has 1 unspecified atom stereocenters. The molecule has 162 valence electrons. The van der Waals surface area contributed by atoms with Crippen molar-refractivity contribution in [2.45, 2.75) is 5.92 Å². The van der Waals surface area contributed by atoms with Crippen molar-refractivity contribution in [3.05, 3.63) is 95.8 Å². The summed E-state index contributed by atoms with van der Waals surface area (Å²) < 4.78 is 28.0. The van der Waals surface area contributed by atoms with Crippen molar-refractivity contribution in [1.82, 2.24) is 20.5 Å². The molecule has 2 aromatic heterocycles. The number of pyridine rings is 1. The first kappa shape index (κ1) is 21.3. The Kier molecular flexibility index (Phi) is 6.32. The van der Waals surface area contributed by atoms with Crippen LogP contribution in [0.3, 0.4) is 0 Å². The number of hydrogen-bond acceptors (Lipinski definition) is 4. The number of aliphatic hydroxyl groups is 1. The van der Waals surface area contributed by atoms with Gasteiger partial charge < -0.3 is 10.4 Å². The fraction of sp³-hybridized carbons (Fsp3) is 0.125. The summed E-state index contributed by atoms with van der Waals surface area (Å²) in [6, 6.07) is 16.9. The number of aromatic nitrogens is 3. The van der Waals surface area contributed by atoms with Crippen molar-refractivity contribution >= 4 is 5.91 Å². The fourth-order valence-electron chi connectivity index (χ4n) is 3.40. The number of carbonyl (C=O) groups excluding carboxylic acids is 1. The van der Waals surface area contributed by atoms with Crippen LogP contribution in [0.2, 0.25) is 0 Å². The molecule has 2 heterocycles. The third kappa shape index (κ3) is 4.55. The lowest BCUT2D eigenvalue weighted by Gasteiger charge is -2.15. The lowest BCUT2D eigenvalue weighted by molar-refractivity contribution is 0.0947. The minimum Gasteiger partial charge on any atom is -0.396 e. The molecule has 6 nitrogen and oxygen atoms in total. The van der Waals surface area contributed by atoms with Crippen LogP contribution in [0.5, 0.6) is 0 Å². The summed E-state index contributed by atoms with van der Waals surface area (Å²) >= 11 is 0. The van der Waals surface area contributed by atoms with Gasteiger partial charge in [0.2, 0.25) is 0 Å². The molecular weight excluding hydrogens is 414 g/mol. The van der Waals surface area contributed by atoms with Crippen LogP contribution in [0.15, 0.2) is 72.9 Å². The summed E-state index contributed by atoms with van der Waals surface area (Å²) in [4.78, 5) is 17.1. The maximum Gasteiger partial charge on any atom is 0.252 e. The highest BCUT2D eigenvalue weighted by Gasteiger charge is 2.20. The van der Waals surface area contributed by atoms with Crippen LogP contribution in [-0.2, 0) is 0 Å². The molecule has 0 radical (unpaired) electrons. The standard InChI is InChI=1S/C24H20F2N4O2/c25-17-9-7-15(8-10-17)21-12-22(30-29-21)23-18(4-3-5-19(23)26)24(32)28-13-16(14-31)20-6-1-2-11-27-20/h1-12,16,31H,13-14H2,(H,28,32)(H,29,30). The SMILES string of the molecule is O=C(NCC(CO)c1ccccn1)c1cccc(F)c1-c1cc(-c2ccc(F)cc2)n[nH]1. The zero-order valence-electron chi connectivity index (χ0n) is 16.9. The van der Waals surface area contributed by atoms with Crippen molar-refractivity contribution in [2.24, 2.45) is 0 Å². The van der Waals surface area contributed by atoms with Crippen molar-refractivity contribution < 1.29 is 18.7 Å². The Morgan fingerprint density at radius 3 is 2.59 bits per heavy atom. The van der Waals surface area contributed by atoms with E-state index in [1.807, 2.05) is 0 Å². The van der Waals surface area contributed by atoms with Gasteiger partial charge >= 0.3 is 0 Å². The number of halogens is 2. The quantitative estimate of drug-likeness (QED) is 0.411. The Morgan fingerprint density at radius 2 is 1.88 bits per heavy atom. The number of nitrogens with one attached hydrogen (secondary N) is 2. The number of benzene rings is 2. The van der Waals surface area contributed by atoms with E-state index in [2.05, 4.69) is 20.5 Å². The first-order valence-corrected chi connectivity index (χ1v) is 9.97. The van der Waals surface area contributed by atoms with Crippen LogP contribution in [0, 0.1) is 11.6 Å². The molecule has 0 spiro atoms. The number of amides is 1. The largest absolute Gasteiger partial charge is 0.396 e. The van der Waals surface area contributed by atoms with Crippen molar-refractivity contribution in [3.8, 4) is 22.5 Å². The molecule has 0 aliphatic heterocycles. The molecule has 2 aromatic carbocycles. The summed E-state index contributed by atoms with van der Waals surface area (Å²) in [6.07, 6.45) is 1.61. The van der Waals surface area contributed by atoms with Crippen molar-refractivity contribution in [3.63, 3.8) is 0 Å². The van der Waals surface area contributed by atoms with E-state index in [-0.39, 0.29) is 30.1 Å². The third-order valence-corrected chi connectivity index (χ3v) is 5.08. The highest BCUT2D eigenvalue weighted by atomic mass is 19.1. The third-order valence-electron chi connectivity index (χ3n) is 5.08. The Labute approximate surface area is 183 Å². The van der Waals surface area contributed by atoms with Crippen LogP contribution < -0.4 is 5.32 Å². The van der Waals surface area contributed by atoms with Crippen LogP contribution >= 0.6 is 0 Å². The predicted octanol–water partition coefficient (Wildman–Crippen LogP) is 3.92. The number of carbonyl (C=O) groups is 1. The predicted molar refractivity (Wildman–Crippen MR) is 116 cm³/mol. The molecule has 0 aliphatic carbocycles. The van der Waals surface area contributed by atoms with Gasteiger partial charge in [-0.05, 0) is 54.6 Å². The molecular formula is C24H20F2N4O2. The summed E-state index contributed by atoms with van der Waals surface area (Å²) in [5, 5.41) is 19.4. The second-order valence-corrected chi connectivity index (χ2v) is 7.18. The van der Waals surface area contributed by atoms with Gasteiger partial charge in [-0.25, -0.2) is 8.78 Å². The Balaban J connectivity index is 1.58. The van der Waals surface area contributed by atoms with Gasteiger partial charge in [0.05, 0.1) is 23.6 Å². The van der Waals surface area contributed by atoms with Crippen LogP contribution in [0.4, 0.5) is 8.78 Å². The minimum atomic E-state index is -0.588. The summed E-state index contributed by atoms with van der Waals surface area (Å²) in [5.74, 6) is -1.85. The maximum absolute atomic E-state index is 14.8. The van der Waals surface area contributed by atoms with Gasteiger partial charge in [-0.15, -0.1) is 0 Å². The molecule has 0 bridgehead atoms. The van der Waals surface area contributed by atoms with E-state index in [1.165, 1.54) is 30.3 Å². The van der Waals surface area contributed by atoms with E-state index >= 15 is 0 Å². The number of nitrogens with zero attached hydrogens (tertiary/aromatic N) is 2. The summed E-state index contributed by atoms with van der Waals surface area (Å²) in [6.45, 7) is -0.0685. The zero-order valence-corrected chi connectivity index (χ0v) is 16.9. The number of aliphatic hydroxyl groups excluding tert-OH is 1. The van der Waals surface area contributed by atoms with Gasteiger partial charge in [-0.2, -0.15) is 5.10 Å². The first-order valence-electron chi connectivity index (χ1n) is 9.97. The van der Waals surface area contributed by atoms with Crippen LogP contribution in [-0.4, -0.2) is 39.3 Å². The van der Waals surface area contributed by atoms with Gasteiger partial charge in [-0.1, -0.05) is 12.1 Å². The Hall–Kier alpha value is -3.91. The van der Waals surface area contributed by atoms with Crippen LogP contribution in [0.1, 0.15) is 22.0 Å². The van der Waals surface area contributed by atoms with E-state index in [0.29, 0.717) is 22.6 Å². The molecule has 0 fully saturated rings. The molecule has 4 aromatic rings. The summed E-state index contributed by atoms with van der Waals surface area (Å²) in [7, 11) is 0. The molecule has 3 N–H and O–H groups in total. The van der Waals surface area contributed by atoms with E-state index < -0.39 is 17.6 Å². The molecule has 1 atom stereocenters. The van der Waals surface area contributed by atoms with Crippen LogP contribution in [0.25, 0.3) is 22.5 Å². The average molecular weight is 434 g/mol. The molecule has 4 rings (SSSR count). The normalized spacial score (nSPS) is 11.8. The van der Waals surface area contributed by atoms with E-state index in [1.54, 1.807) is 42.6 Å². The van der Waals surface area contributed by atoms with E-state index in [0.717, 1.165) is 0 Å². The molecule has 0 saturated carbocycles. The minimum absolute atomic E-state index is 0.0734. The van der Waals surface area contributed by atoms with Gasteiger partial charge in [-0.3, -0.25) is 14.9 Å². The molecule has 8 heteroatoms. The van der Waals surface area contributed by atoms with E-state index in [4.69, 9.17) is 0 Å². The highest BCUT2D eigenvalue weighted by molar-refractivity contribution is 6.00.